The lowest BCUT2D eigenvalue weighted by Crippen LogP contribution is -2.18. The number of halogens is 1. The number of rotatable bonds is 5. The van der Waals surface area contributed by atoms with E-state index in [1.54, 1.807) is 0 Å². The Morgan fingerprint density at radius 1 is 1.42 bits per heavy atom. The molecule has 0 aromatic heterocycles. The molecule has 0 saturated heterocycles. The Hall–Kier alpha value is -0.0500. The Morgan fingerprint density at radius 3 is 2.25 bits per heavy atom. The molecule has 0 spiro atoms. The summed E-state index contributed by atoms with van der Waals surface area (Å²) >= 11 is 3.31. The summed E-state index contributed by atoms with van der Waals surface area (Å²) in [6.45, 7) is 4.29. The highest BCUT2D eigenvalue weighted by atomic mass is 79.9. The van der Waals surface area contributed by atoms with Gasteiger partial charge >= 0.3 is 5.97 Å². The van der Waals surface area contributed by atoms with Gasteiger partial charge in [-0.3, -0.25) is 4.79 Å². The van der Waals surface area contributed by atoms with Crippen molar-refractivity contribution in [3.8, 4) is 0 Å². The first kappa shape index (κ1) is 11.9. The van der Waals surface area contributed by atoms with Gasteiger partial charge in [-0.15, -0.1) is 0 Å². The van der Waals surface area contributed by atoms with Crippen LogP contribution in [0.5, 0.6) is 0 Å². The lowest BCUT2D eigenvalue weighted by Gasteiger charge is -2.14. The van der Waals surface area contributed by atoms with Crippen molar-refractivity contribution in [2.75, 3.05) is 7.11 Å². The van der Waals surface area contributed by atoms with Crippen LogP contribution in [0.3, 0.4) is 0 Å². The van der Waals surface area contributed by atoms with E-state index in [1.807, 2.05) is 0 Å². The third kappa shape index (κ3) is 4.10. The van der Waals surface area contributed by atoms with Crippen molar-refractivity contribution in [2.45, 2.75) is 37.9 Å². The van der Waals surface area contributed by atoms with Crippen LogP contribution >= 0.6 is 15.9 Å². The predicted octanol–water partition coefficient (Wildman–Crippen LogP) is 2.75. The number of carbonyl (C=O) groups is 1. The molecule has 1 atom stereocenters. The Balaban J connectivity index is 3.80. The van der Waals surface area contributed by atoms with Gasteiger partial charge in [0.1, 0.15) is 4.83 Å². The molecular weight excluding hydrogens is 220 g/mol. The molecule has 0 aromatic rings. The van der Waals surface area contributed by atoms with Crippen LogP contribution in [0.25, 0.3) is 0 Å². The molecule has 72 valence electrons. The number of alkyl halides is 1. The normalized spacial score (nSPS) is 13.1. The van der Waals surface area contributed by atoms with Crippen molar-refractivity contribution >= 4 is 21.9 Å². The minimum Gasteiger partial charge on any atom is -0.468 e. The minimum absolute atomic E-state index is 0.132. The highest BCUT2D eigenvalue weighted by Crippen LogP contribution is 2.20. The molecule has 0 aliphatic heterocycles. The monoisotopic (exact) mass is 236 g/mol. The molecule has 0 heterocycles. The quantitative estimate of drug-likeness (QED) is 0.542. The van der Waals surface area contributed by atoms with E-state index in [4.69, 9.17) is 0 Å². The first-order valence-corrected chi connectivity index (χ1v) is 5.29. The first-order valence-electron chi connectivity index (χ1n) is 4.37. The summed E-state index contributed by atoms with van der Waals surface area (Å²) in [6, 6.07) is 0. The number of ether oxygens (including phenoxy) is 1. The zero-order valence-corrected chi connectivity index (χ0v) is 9.56. The standard InChI is InChI=1S/C9H17BrO2/c1-4-7(5-2)6-8(10)9(11)12-3/h7-8H,4-6H2,1-3H3. The summed E-state index contributed by atoms with van der Waals surface area (Å²) in [6.07, 6.45) is 3.12. The zero-order valence-electron chi connectivity index (χ0n) is 7.97. The molecule has 0 aliphatic rings. The van der Waals surface area contributed by atoms with Crippen LogP contribution in [-0.4, -0.2) is 17.9 Å². The SMILES string of the molecule is CCC(CC)CC(Br)C(=O)OC. The van der Waals surface area contributed by atoms with Gasteiger partial charge in [0, 0.05) is 0 Å². The second-order valence-corrected chi connectivity index (χ2v) is 4.01. The van der Waals surface area contributed by atoms with Crippen LogP contribution in [0, 0.1) is 5.92 Å². The lowest BCUT2D eigenvalue weighted by molar-refractivity contribution is -0.140. The molecule has 12 heavy (non-hydrogen) atoms. The molecule has 0 bridgehead atoms. The fourth-order valence-electron chi connectivity index (χ4n) is 1.14. The number of methoxy groups -OCH3 is 1. The largest absolute Gasteiger partial charge is 0.468 e. The topological polar surface area (TPSA) is 26.3 Å². The molecule has 2 nitrogen and oxygen atoms in total. The molecule has 0 aliphatic carbocycles. The zero-order chi connectivity index (χ0) is 9.56. The van der Waals surface area contributed by atoms with Gasteiger partial charge in [0.25, 0.3) is 0 Å². The van der Waals surface area contributed by atoms with Gasteiger partial charge in [0.15, 0.2) is 0 Å². The Kier molecular flexibility index (Phi) is 6.44. The van der Waals surface area contributed by atoms with Gasteiger partial charge in [0.2, 0.25) is 0 Å². The van der Waals surface area contributed by atoms with Gasteiger partial charge in [-0.2, -0.15) is 0 Å². The van der Waals surface area contributed by atoms with Crippen LogP contribution in [-0.2, 0) is 9.53 Å². The maximum atomic E-state index is 11.0. The van der Waals surface area contributed by atoms with Crippen molar-refractivity contribution in [3.05, 3.63) is 0 Å². The number of carbonyl (C=O) groups excluding carboxylic acids is 1. The molecule has 0 rings (SSSR count). The Morgan fingerprint density at radius 2 is 1.92 bits per heavy atom. The Labute approximate surface area is 82.8 Å². The third-order valence-electron chi connectivity index (χ3n) is 2.15. The molecule has 0 amide bonds. The summed E-state index contributed by atoms with van der Waals surface area (Å²) < 4.78 is 4.62. The second-order valence-electron chi connectivity index (χ2n) is 2.91. The van der Waals surface area contributed by atoms with Crippen LogP contribution in [0.1, 0.15) is 33.1 Å². The van der Waals surface area contributed by atoms with Crippen LogP contribution in [0.2, 0.25) is 0 Å². The van der Waals surface area contributed by atoms with E-state index in [2.05, 4.69) is 34.5 Å². The highest BCUT2D eigenvalue weighted by molar-refractivity contribution is 9.10. The van der Waals surface area contributed by atoms with Crippen LogP contribution in [0.4, 0.5) is 0 Å². The van der Waals surface area contributed by atoms with Gasteiger partial charge in [0.05, 0.1) is 7.11 Å². The third-order valence-corrected chi connectivity index (χ3v) is 2.90. The van der Waals surface area contributed by atoms with E-state index in [-0.39, 0.29) is 10.8 Å². The molecule has 0 aromatic carbocycles. The van der Waals surface area contributed by atoms with Crippen LogP contribution in [0.15, 0.2) is 0 Å². The number of hydrogen-bond donors (Lipinski definition) is 0. The van der Waals surface area contributed by atoms with Gasteiger partial charge in [-0.1, -0.05) is 42.6 Å². The fraction of sp³-hybridized carbons (Fsp3) is 0.889. The fourth-order valence-corrected chi connectivity index (χ4v) is 1.85. The molecular formula is C9H17BrO2. The maximum absolute atomic E-state index is 11.0. The van der Waals surface area contributed by atoms with Gasteiger partial charge in [-0.05, 0) is 12.3 Å². The van der Waals surface area contributed by atoms with Gasteiger partial charge < -0.3 is 4.74 Å². The minimum atomic E-state index is -0.165. The van der Waals surface area contributed by atoms with Crippen molar-refractivity contribution in [1.82, 2.24) is 0 Å². The van der Waals surface area contributed by atoms with Crippen molar-refractivity contribution in [3.63, 3.8) is 0 Å². The summed E-state index contributed by atoms with van der Waals surface area (Å²) in [5, 5.41) is 0. The van der Waals surface area contributed by atoms with E-state index in [0.717, 1.165) is 19.3 Å². The summed E-state index contributed by atoms with van der Waals surface area (Å²) in [5.74, 6) is 0.454. The van der Waals surface area contributed by atoms with E-state index < -0.39 is 0 Å². The van der Waals surface area contributed by atoms with Crippen molar-refractivity contribution in [1.29, 1.82) is 0 Å². The lowest BCUT2D eigenvalue weighted by atomic mass is 9.98. The van der Waals surface area contributed by atoms with Crippen molar-refractivity contribution < 1.29 is 9.53 Å². The van der Waals surface area contributed by atoms with Crippen LogP contribution < -0.4 is 0 Å². The van der Waals surface area contributed by atoms with Crippen molar-refractivity contribution in [2.24, 2.45) is 5.92 Å². The average molecular weight is 237 g/mol. The summed E-state index contributed by atoms with van der Waals surface area (Å²) in [5.41, 5.74) is 0. The summed E-state index contributed by atoms with van der Waals surface area (Å²) in [4.78, 5) is 10.9. The van der Waals surface area contributed by atoms with E-state index >= 15 is 0 Å². The smallest absolute Gasteiger partial charge is 0.319 e. The Bertz CT molecular complexity index is 132. The average Bonchev–Trinajstić information content (AvgIpc) is 2.12. The maximum Gasteiger partial charge on any atom is 0.319 e. The number of esters is 1. The van der Waals surface area contributed by atoms with E-state index in [0.29, 0.717) is 5.92 Å². The summed E-state index contributed by atoms with van der Waals surface area (Å²) in [7, 11) is 1.42. The molecule has 0 saturated carbocycles. The molecule has 3 heteroatoms. The number of hydrogen-bond acceptors (Lipinski definition) is 2. The second kappa shape index (κ2) is 6.46. The highest BCUT2D eigenvalue weighted by Gasteiger charge is 2.18. The molecule has 0 radical (unpaired) electrons. The molecule has 0 N–H and O–H groups in total. The van der Waals surface area contributed by atoms with E-state index in [9.17, 15) is 4.79 Å². The van der Waals surface area contributed by atoms with E-state index in [1.165, 1.54) is 7.11 Å². The molecule has 1 unspecified atom stereocenters. The first-order chi connectivity index (χ1) is 5.65. The molecule has 0 fully saturated rings. The predicted molar refractivity (Wildman–Crippen MR) is 53.4 cm³/mol. The van der Waals surface area contributed by atoms with Gasteiger partial charge in [-0.25, -0.2) is 0 Å².